The van der Waals surface area contributed by atoms with Crippen molar-refractivity contribution in [1.82, 2.24) is 19.6 Å². The van der Waals surface area contributed by atoms with Crippen LogP contribution in [0.1, 0.15) is 21.9 Å². The molecule has 21 heavy (non-hydrogen) atoms. The Balaban J connectivity index is 2.19. The molecule has 0 fully saturated rings. The van der Waals surface area contributed by atoms with E-state index in [9.17, 15) is 9.59 Å². The molecule has 0 aliphatic carbocycles. The van der Waals surface area contributed by atoms with Gasteiger partial charge in [-0.2, -0.15) is 10.2 Å². The van der Waals surface area contributed by atoms with E-state index in [4.69, 9.17) is 4.74 Å². The van der Waals surface area contributed by atoms with E-state index in [0.29, 0.717) is 11.4 Å². The predicted molar refractivity (Wildman–Crippen MR) is 74.9 cm³/mol. The topological polar surface area (TPSA) is 91.0 Å². The highest BCUT2D eigenvalue weighted by atomic mass is 16.5. The first-order chi connectivity index (χ1) is 9.92. The molecule has 8 nitrogen and oxygen atoms in total. The number of hydrogen-bond donors (Lipinski definition) is 1. The highest BCUT2D eigenvalue weighted by molar-refractivity contribution is 6.00. The number of rotatable bonds is 4. The molecule has 0 aliphatic rings. The molecule has 0 radical (unpaired) electrons. The van der Waals surface area contributed by atoms with E-state index in [1.165, 1.54) is 16.5 Å². The van der Waals surface area contributed by atoms with Crippen LogP contribution in [0.25, 0.3) is 0 Å². The third kappa shape index (κ3) is 3.10. The monoisotopic (exact) mass is 291 g/mol. The van der Waals surface area contributed by atoms with E-state index >= 15 is 0 Å². The molecular formula is C13H17N5O3. The molecule has 0 atom stereocenters. The summed E-state index contributed by atoms with van der Waals surface area (Å²) < 4.78 is 7.61. The average molecular weight is 291 g/mol. The van der Waals surface area contributed by atoms with Crippen LogP contribution in [-0.2, 0) is 23.1 Å². The third-order valence-electron chi connectivity index (χ3n) is 2.94. The number of carbonyl (C=O) groups is 2. The number of esters is 1. The summed E-state index contributed by atoms with van der Waals surface area (Å²) in [5.74, 6) is -0.845. The summed E-state index contributed by atoms with van der Waals surface area (Å²) >= 11 is 0. The fraction of sp³-hybridized carbons (Fsp3) is 0.385. The van der Waals surface area contributed by atoms with Crippen LogP contribution in [0, 0.1) is 13.8 Å². The van der Waals surface area contributed by atoms with Crippen LogP contribution in [0.15, 0.2) is 12.3 Å². The number of hydrogen-bond acceptors (Lipinski definition) is 5. The number of aromatic nitrogens is 4. The highest BCUT2D eigenvalue weighted by Crippen LogP contribution is 2.20. The van der Waals surface area contributed by atoms with Gasteiger partial charge in [-0.1, -0.05) is 0 Å². The van der Waals surface area contributed by atoms with Gasteiger partial charge in [0.2, 0.25) is 5.91 Å². The molecule has 2 aromatic heterocycles. The maximum atomic E-state index is 12.1. The highest BCUT2D eigenvalue weighted by Gasteiger charge is 2.22. The molecule has 0 saturated heterocycles. The lowest BCUT2D eigenvalue weighted by Crippen LogP contribution is -2.21. The minimum Gasteiger partial charge on any atom is -0.464 e. The molecule has 112 valence electrons. The van der Waals surface area contributed by atoms with E-state index in [1.807, 2.05) is 13.0 Å². The number of carbonyl (C=O) groups excluding carboxylic acids is 2. The van der Waals surface area contributed by atoms with Gasteiger partial charge in [-0.25, -0.2) is 4.79 Å². The number of amides is 1. The van der Waals surface area contributed by atoms with Crippen LogP contribution in [0.2, 0.25) is 0 Å². The SMILES string of the molecule is COC(=O)c1c(NC(=O)Cn2ccc(C)n2)c(C)nn1C. The van der Waals surface area contributed by atoms with Crippen molar-refractivity contribution in [2.45, 2.75) is 20.4 Å². The fourth-order valence-corrected chi connectivity index (χ4v) is 2.02. The first kappa shape index (κ1) is 14.8. The van der Waals surface area contributed by atoms with Crippen molar-refractivity contribution in [3.63, 3.8) is 0 Å². The fourth-order valence-electron chi connectivity index (χ4n) is 2.02. The number of nitrogens with zero attached hydrogens (tertiary/aromatic N) is 4. The van der Waals surface area contributed by atoms with Gasteiger partial charge in [0.1, 0.15) is 6.54 Å². The zero-order valence-corrected chi connectivity index (χ0v) is 12.4. The lowest BCUT2D eigenvalue weighted by molar-refractivity contribution is -0.116. The standard InChI is InChI=1S/C13H17N5O3/c1-8-5-6-18(15-8)7-10(19)14-11-9(2)16-17(3)12(11)13(20)21-4/h5-6H,7H2,1-4H3,(H,14,19). The van der Waals surface area contributed by atoms with Crippen molar-refractivity contribution in [3.8, 4) is 0 Å². The molecule has 0 aliphatic heterocycles. The molecule has 1 N–H and O–H groups in total. The molecule has 0 aromatic carbocycles. The Morgan fingerprint density at radius 1 is 1.33 bits per heavy atom. The zero-order valence-electron chi connectivity index (χ0n) is 12.4. The van der Waals surface area contributed by atoms with Crippen LogP contribution >= 0.6 is 0 Å². The second-order valence-corrected chi connectivity index (χ2v) is 4.63. The van der Waals surface area contributed by atoms with Crippen molar-refractivity contribution in [3.05, 3.63) is 29.3 Å². The van der Waals surface area contributed by atoms with Crippen molar-refractivity contribution in [2.24, 2.45) is 7.05 Å². The van der Waals surface area contributed by atoms with E-state index in [-0.39, 0.29) is 18.1 Å². The molecule has 0 bridgehead atoms. The summed E-state index contributed by atoms with van der Waals surface area (Å²) in [5.41, 5.74) is 1.94. The first-order valence-electron chi connectivity index (χ1n) is 6.34. The van der Waals surface area contributed by atoms with Crippen LogP contribution < -0.4 is 5.32 Å². The molecule has 2 rings (SSSR count). The molecule has 2 heterocycles. The Hall–Kier alpha value is -2.64. The lowest BCUT2D eigenvalue weighted by atomic mass is 10.3. The quantitative estimate of drug-likeness (QED) is 0.836. The number of ether oxygens (including phenoxy) is 1. The van der Waals surface area contributed by atoms with Crippen LogP contribution in [0.3, 0.4) is 0 Å². The van der Waals surface area contributed by atoms with Gasteiger partial charge < -0.3 is 10.1 Å². The number of methoxy groups -OCH3 is 1. The number of anilines is 1. The van der Waals surface area contributed by atoms with Crippen LogP contribution in [-0.4, -0.2) is 38.5 Å². The summed E-state index contributed by atoms with van der Waals surface area (Å²) in [4.78, 5) is 23.8. The molecule has 2 aromatic rings. The first-order valence-corrected chi connectivity index (χ1v) is 6.34. The van der Waals surface area contributed by atoms with Crippen molar-refractivity contribution >= 4 is 17.6 Å². The van der Waals surface area contributed by atoms with Gasteiger partial charge in [0.05, 0.1) is 24.2 Å². The van der Waals surface area contributed by atoms with Gasteiger partial charge in [-0.15, -0.1) is 0 Å². The van der Waals surface area contributed by atoms with E-state index in [1.54, 1.807) is 20.2 Å². The maximum Gasteiger partial charge on any atom is 0.358 e. The lowest BCUT2D eigenvalue weighted by Gasteiger charge is -2.07. The molecule has 8 heteroatoms. The van der Waals surface area contributed by atoms with Gasteiger partial charge in [0.15, 0.2) is 5.69 Å². The van der Waals surface area contributed by atoms with Crippen molar-refractivity contribution in [1.29, 1.82) is 0 Å². The Bertz CT molecular complexity index is 686. The summed E-state index contributed by atoms with van der Waals surface area (Å²) in [6, 6.07) is 1.81. The van der Waals surface area contributed by atoms with Gasteiger partial charge >= 0.3 is 5.97 Å². The van der Waals surface area contributed by atoms with Gasteiger partial charge in [-0.3, -0.25) is 14.2 Å². The zero-order chi connectivity index (χ0) is 15.6. The van der Waals surface area contributed by atoms with Gasteiger partial charge in [0, 0.05) is 13.2 Å². The summed E-state index contributed by atoms with van der Waals surface area (Å²) in [6.07, 6.45) is 1.71. The van der Waals surface area contributed by atoms with E-state index in [2.05, 4.69) is 15.5 Å². The average Bonchev–Trinajstić information content (AvgIpc) is 2.93. The van der Waals surface area contributed by atoms with Crippen molar-refractivity contribution in [2.75, 3.05) is 12.4 Å². The Labute approximate surface area is 121 Å². The Morgan fingerprint density at radius 3 is 2.62 bits per heavy atom. The molecule has 0 spiro atoms. The summed E-state index contributed by atoms with van der Waals surface area (Å²) in [6.45, 7) is 3.61. The van der Waals surface area contributed by atoms with E-state index in [0.717, 1.165) is 5.69 Å². The van der Waals surface area contributed by atoms with Gasteiger partial charge in [-0.05, 0) is 19.9 Å². The number of nitrogens with one attached hydrogen (secondary N) is 1. The molecule has 0 saturated carbocycles. The van der Waals surface area contributed by atoms with Crippen LogP contribution in [0.5, 0.6) is 0 Å². The smallest absolute Gasteiger partial charge is 0.358 e. The Morgan fingerprint density at radius 2 is 2.05 bits per heavy atom. The van der Waals surface area contributed by atoms with Gasteiger partial charge in [0.25, 0.3) is 0 Å². The molecular weight excluding hydrogens is 274 g/mol. The minimum absolute atomic E-state index is 0.0583. The normalized spacial score (nSPS) is 10.5. The number of aryl methyl sites for hydroxylation is 3. The van der Waals surface area contributed by atoms with Crippen molar-refractivity contribution < 1.29 is 14.3 Å². The van der Waals surface area contributed by atoms with E-state index < -0.39 is 5.97 Å². The molecule has 1 amide bonds. The maximum absolute atomic E-state index is 12.1. The second-order valence-electron chi connectivity index (χ2n) is 4.63. The Kier molecular flexibility index (Phi) is 4.06. The molecule has 0 unspecified atom stereocenters. The predicted octanol–water partition coefficient (Wildman–Crippen LogP) is 0.659. The largest absolute Gasteiger partial charge is 0.464 e. The van der Waals surface area contributed by atoms with Crippen LogP contribution in [0.4, 0.5) is 5.69 Å². The second kappa shape index (κ2) is 5.78. The minimum atomic E-state index is -0.552. The summed E-state index contributed by atoms with van der Waals surface area (Å²) in [7, 11) is 2.90. The summed E-state index contributed by atoms with van der Waals surface area (Å²) in [5, 5.41) is 10.9. The third-order valence-corrected chi connectivity index (χ3v) is 2.94.